The predicted molar refractivity (Wildman–Crippen MR) is 107 cm³/mol. The van der Waals surface area contributed by atoms with Crippen molar-refractivity contribution in [2.45, 2.75) is 18.2 Å². The molecular weight excluding hydrogens is 429 g/mol. The van der Waals surface area contributed by atoms with E-state index in [-0.39, 0.29) is 21.5 Å². The van der Waals surface area contributed by atoms with Crippen molar-refractivity contribution in [2.75, 3.05) is 17.1 Å². The molecule has 0 radical (unpaired) electrons. The number of hydrogen-bond acceptors (Lipinski definition) is 6. The van der Waals surface area contributed by atoms with Gasteiger partial charge in [0.2, 0.25) is 5.91 Å². The fourth-order valence-corrected chi connectivity index (χ4v) is 4.58. The number of carbonyl (C=O) groups is 1. The maximum absolute atomic E-state index is 13.3. The van der Waals surface area contributed by atoms with Gasteiger partial charge in [-0.25, -0.2) is 17.8 Å². The Hall–Kier alpha value is -2.43. The Morgan fingerprint density at radius 3 is 2.71 bits per heavy atom. The van der Waals surface area contributed by atoms with Crippen LogP contribution in [0.1, 0.15) is 13.3 Å². The minimum Gasteiger partial charge on any atom is -0.494 e. The molecule has 0 spiro atoms. The van der Waals surface area contributed by atoms with Gasteiger partial charge in [-0.1, -0.05) is 29.9 Å². The molecule has 0 saturated carbocycles. The largest absolute Gasteiger partial charge is 0.494 e. The van der Waals surface area contributed by atoms with E-state index in [2.05, 4.69) is 15.0 Å². The Labute approximate surface area is 169 Å². The first-order valence-electron chi connectivity index (χ1n) is 7.99. The maximum Gasteiger partial charge on any atom is 0.261 e. The molecule has 1 amide bonds. The van der Waals surface area contributed by atoms with E-state index < -0.39 is 15.8 Å². The van der Waals surface area contributed by atoms with Crippen molar-refractivity contribution >= 4 is 59.9 Å². The van der Waals surface area contributed by atoms with E-state index in [4.69, 9.17) is 16.3 Å². The highest BCUT2D eigenvalue weighted by atomic mass is 35.5. The van der Waals surface area contributed by atoms with Gasteiger partial charge in [0, 0.05) is 12.5 Å². The van der Waals surface area contributed by atoms with Crippen LogP contribution in [0.5, 0.6) is 5.75 Å². The third-order valence-corrected chi connectivity index (χ3v) is 6.29. The first-order chi connectivity index (χ1) is 13.2. The van der Waals surface area contributed by atoms with Crippen LogP contribution >= 0.6 is 22.9 Å². The molecule has 0 bridgehead atoms. The Morgan fingerprint density at radius 1 is 1.32 bits per heavy atom. The molecule has 1 heterocycles. The number of nitrogens with one attached hydrogen (secondary N) is 2. The predicted octanol–water partition coefficient (Wildman–Crippen LogP) is 4.25. The fourth-order valence-electron chi connectivity index (χ4n) is 2.33. The van der Waals surface area contributed by atoms with Crippen LogP contribution in [0, 0.1) is 5.82 Å². The lowest BCUT2D eigenvalue weighted by Gasteiger charge is -2.10. The normalized spacial score (nSPS) is 11.4. The quantitative estimate of drug-likeness (QED) is 0.593. The van der Waals surface area contributed by atoms with E-state index >= 15 is 0 Å². The second kappa shape index (κ2) is 7.90. The third kappa shape index (κ3) is 4.18. The molecule has 0 aliphatic carbocycles. The lowest BCUT2D eigenvalue weighted by molar-refractivity contribution is -0.115. The van der Waals surface area contributed by atoms with Crippen molar-refractivity contribution in [1.82, 2.24) is 4.98 Å². The van der Waals surface area contributed by atoms with Crippen LogP contribution in [-0.2, 0) is 14.8 Å². The van der Waals surface area contributed by atoms with Gasteiger partial charge in [-0.15, -0.1) is 0 Å². The lowest BCUT2D eigenvalue weighted by atomic mass is 10.3. The summed E-state index contributed by atoms with van der Waals surface area (Å²) in [5.74, 6) is -0.567. The number of halogens is 2. The van der Waals surface area contributed by atoms with Crippen LogP contribution in [0.3, 0.4) is 0 Å². The lowest BCUT2D eigenvalue weighted by Crippen LogP contribution is -2.13. The molecular formula is C17H15ClFN3O4S2. The molecule has 2 aromatic carbocycles. The zero-order valence-corrected chi connectivity index (χ0v) is 17.1. The number of thiazole rings is 1. The van der Waals surface area contributed by atoms with Gasteiger partial charge in [-0.05, 0) is 24.3 Å². The van der Waals surface area contributed by atoms with Crippen LogP contribution in [0.2, 0.25) is 5.02 Å². The van der Waals surface area contributed by atoms with Gasteiger partial charge in [-0.3, -0.25) is 9.52 Å². The number of rotatable bonds is 6. The highest BCUT2D eigenvalue weighted by Crippen LogP contribution is 2.36. The van der Waals surface area contributed by atoms with Crippen LogP contribution in [0.15, 0.2) is 35.2 Å². The van der Waals surface area contributed by atoms with Gasteiger partial charge < -0.3 is 10.1 Å². The molecule has 0 aliphatic heterocycles. The van der Waals surface area contributed by atoms with Crippen molar-refractivity contribution in [3.05, 3.63) is 41.2 Å². The molecule has 148 valence electrons. The van der Waals surface area contributed by atoms with E-state index in [1.807, 2.05) is 0 Å². The Balaban J connectivity index is 1.98. The average molecular weight is 444 g/mol. The summed E-state index contributed by atoms with van der Waals surface area (Å²) < 4.78 is 46.8. The molecule has 0 saturated heterocycles. The first-order valence-corrected chi connectivity index (χ1v) is 10.7. The molecule has 0 aliphatic rings. The molecule has 3 rings (SSSR count). The van der Waals surface area contributed by atoms with Gasteiger partial charge in [0.05, 0.1) is 27.4 Å². The van der Waals surface area contributed by atoms with Gasteiger partial charge in [-0.2, -0.15) is 0 Å². The smallest absolute Gasteiger partial charge is 0.261 e. The monoisotopic (exact) mass is 443 g/mol. The van der Waals surface area contributed by atoms with E-state index in [1.54, 1.807) is 13.0 Å². The van der Waals surface area contributed by atoms with Crippen LogP contribution < -0.4 is 14.8 Å². The number of aromatic nitrogens is 1. The number of nitrogens with zero attached hydrogens (tertiary/aromatic N) is 1. The number of hydrogen-bond donors (Lipinski definition) is 2. The summed E-state index contributed by atoms with van der Waals surface area (Å²) in [5, 5.41) is 2.74. The number of ether oxygens (including phenoxy) is 1. The summed E-state index contributed by atoms with van der Waals surface area (Å²) in [4.78, 5) is 15.7. The molecule has 7 nitrogen and oxygen atoms in total. The zero-order valence-electron chi connectivity index (χ0n) is 14.7. The van der Waals surface area contributed by atoms with Gasteiger partial charge in [0.1, 0.15) is 17.1 Å². The SMILES string of the molecule is CCC(=O)Nc1nc2c(OC)cc(NS(=O)(=O)c3ccc(F)c(Cl)c3)cc2s1. The van der Waals surface area contributed by atoms with Crippen molar-refractivity contribution < 1.29 is 22.3 Å². The summed E-state index contributed by atoms with van der Waals surface area (Å²) >= 11 is 6.86. The molecule has 1 aromatic heterocycles. The number of carbonyl (C=O) groups excluding carboxylic acids is 1. The molecule has 0 atom stereocenters. The van der Waals surface area contributed by atoms with Gasteiger partial charge in [0.25, 0.3) is 10.0 Å². The second-order valence-corrected chi connectivity index (χ2v) is 8.75. The summed E-state index contributed by atoms with van der Waals surface area (Å²) in [5.41, 5.74) is 0.716. The topological polar surface area (TPSA) is 97.4 Å². The summed E-state index contributed by atoms with van der Waals surface area (Å²) in [6.45, 7) is 1.72. The minimum atomic E-state index is -4.00. The summed E-state index contributed by atoms with van der Waals surface area (Å²) in [6.07, 6.45) is 0.304. The van der Waals surface area contributed by atoms with Gasteiger partial charge in [0.15, 0.2) is 5.13 Å². The van der Waals surface area contributed by atoms with E-state index in [1.165, 1.54) is 24.5 Å². The van der Waals surface area contributed by atoms with Crippen molar-refractivity contribution in [3.63, 3.8) is 0 Å². The third-order valence-electron chi connectivity index (χ3n) is 3.70. The van der Waals surface area contributed by atoms with E-state index in [9.17, 15) is 17.6 Å². The van der Waals surface area contributed by atoms with Crippen LogP contribution in [0.4, 0.5) is 15.2 Å². The Bertz CT molecular complexity index is 1160. The second-order valence-electron chi connectivity index (χ2n) is 5.63. The Morgan fingerprint density at radius 2 is 2.07 bits per heavy atom. The van der Waals surface area contributed by atoms with Crippen molar-refractivity contribution in [1.29, 1.82) is 0 Å². The summed E-state index contributed by atoms with van der Waals surface area (Å²) in [7, 11) is -2.58. The number of fused-ring (bicyclic) bond motifs is 1. The number of benzene rings is 2. The number of anilines is 2. The number of amides is 1. The van der Waals surface area contributed by atoms with Crippen LogP contribution in [0.25, 0.3) is 10.2 Å². The molecule has 11 heteroatoms. The highest BCUT2D eigenvalue weighted by Gasteiger charge is 2.19. The first kappa shape index (κ1) is 20.3. The van der Waals surface area contributed by atoms with E-state index in [0.29, 0.717) is 27.5 Å². The minimum absolute atomic E-state index is 0.182. The average Bonchev–Trinajstić information content (AvgIpc) is 3.04. The molecule has 0 fully saturated rings. The van der Waals surface area contributed by atoms with Gasteiger partial charge >= 0.3 is 0 Å². The maximum atomic E-state index is 13.3. The standard InChI is InChI=1S/C17H15ClFN3O4S2/c1-3-15(23)20-17-21-16-13(26-2)6-9(7-14(16)27-17)22-28(24,25)10-4-5-12(19)11(18)8-10/h4-8,22H,3H2,1-2H3,(H,20,21,23). The van der Waals surface area contributed by atoms with Crippen molar-refractivity contribution in [2.24, 2.45) is 0 Å². The summed E-state index contributed by atoms with van der Waals surface area (Å²) in [6, 6.07) is 6.16. The Kier molecular flexibility index (Phi) is 5.73. The molecule has 0 unspecified atom stereocenters. The number of methoxy groups -OCH3 is 1. The molecule has 3 aromatic rings. The fraction of sp³-hybridized carbons (Fsp3) is 0.176. The zero-order chi connectivity index (χ0) is 20.5. The highest BCUT2D eigenvalue weighted by molar-refractivity contribution is 7.92. The van der Waals surface area contributed by atoms with Crippen LogP contribution in [-0.4, -0.2) is 26.4 Å². The molecule has 2 N–H and O–H groups in total. The molecule has 28 heavy (non-hydrogen) atoms. The van der Waals surface area contributed by atoms with Crippen molar-refractivity contribution in [3.8, 4) is 5.75 Å². The van der Waals surface area contributed by atoms with E-state index in [0.717, 1.165) is 18.2 Å². The number of sulfonamides is 1.